The maximum atomic E-state index is 12.8. The fraction of sp³-hybridized carbons (Fsp3) is 0.500. The summed E-state index contributed by atoms with van der Waals surface area (Å²) < 4.78 is 11.3. The Hall–Kier alpha value is -2.37. The molecule has 1 fully saturated rings. The van der Waals surface area contributed by atoms with Crippen molar-refractivity contribution in [2.45, 2.75) is 45.1 Å². The minimum absolute atomic E-state index is 0.0214. The highest BCUT2D eigenvalue weighted by Gasteiger charge is 2.33. The molecule has 6 heteroatoms. The van der Waals surface area contributed by atoms with Gasteiger partial charge in [0.15, 0.2) is 5.69 Å². The summed E-state index contributed by atoms with van der Waals surface area (Å²) in [6.45, 7) is 3.23. The molecule has 24 heavy (non-hydrogen) atoms. The van der Waals surface area contributed by atoms with Crippen molar-refractivity contribution in [1.82, 2.24) is 15.0 Å². The molecule has 1 unspecified atom stereocenters. The molecule has 1 aliphatic heterocycles. The van der Waals surface area contributed by atoms with E-state index in [2.05, 4.69) is 10.1 Å². The number of hydrogen-bond donors (Lipinski definition) is 0. The van der Waals surface area contributed by atoms with E-state index in [1.807, 2.05) is 24.0 Å². The molecule has 1 saturated heterocycles. The summed E-state index contributed by atoms with van der Waals surface area (Å²) in [6, 6.07) is 3.84. The number of hydrogen-bond acceptors (Lipinski definition) is 5. The number of carbonyl (C=O) groups excluding carboxylic acids is 1. The Kier molecular flexibility index (Phi) is 3.96. The number of likely N-dealkylation sites (tertiary alicyclic amines) is 1. The van der Waals surface area contributed by atoms with E-state index < -0.39 is 0 Å². The van der Waals surface area contributed by atoms with Gasteiger partial charge in [-0.25, -0.2) is 4.98 Å². The molecule has 1 aliphatic carbocycles. The third kappa shape index (κ3) is 2.88. The molecule has 0 radical (unpaired) electrons. The van der Waals surface area contributed by atoms with Gasteiger partial charge in [0, 0.05) is 37.2 Å². The summed E-state index contributed by atoms with van der Waals surface area (Å²) >= 11 is 0. The highest BCUT2D eigenvalue weighted by molar-refractivity contribution is 5.94. The SMILES string of the molecule is Cc1ccc(OC2CCN(C(=O)c3noc4c3CCCC4)C2)nc1. The van der Waals surface area contributed by atoms with Gasteiger partial charge in [-0.2, -0.15) is 0 Å². The smallest absolute Gasteiger partial charge is 0.276 e. The van der Waals surface area contributed by atoms with Crippen molar-refractivity contribution < 1.29 is 14.1 Å². The monoisotopic (exact) mass is 327 g/mol. The average Bonchev–Trinajstić information content (AvgIpc) is 3.23. The van der Waals surface area contributed by atoms with Crippen LogP contribution in [-0.4, -0.2) is 40.1 Å². The zero-order valence-electron chi connectivity index (χ0n) is 13.8. The van der Waals surface area contributed by atoms with Crippen LogP contribution in [0.2, 0.25) is 0 Å². The first-order chi connectivity index (χ1) is 11.7. The second-order valence-corrected chi connectivity index (χ2v) is 6.59. The fourth-order valence-electron chi connectivity index (χ4n) is 3.41. The van der Waals surface area contributed by atoms with Crippen molar-refractivity contribution in [1.29, 1.82) is 0 Å². The van der Waals surface area contributed by atoms with Crippen LogP contribution >= 0.6 is 0 Å². The van der Waals surface area contributed by atoms with Crippen LogP contribution < -0.4 is 4.74 Å². The largest absolute Gasteiger partial charge is 0.472 e. The zero-order valence-corrected chi connectivity index (χ0v) is 13.8. The standard InChI is InChI=1S/C18H21N3O3/c1-12-6-7-16(19-10-12)23-13-8-9-21(11-13)18(22)17-14-4-2-3-5-15(14)24-20-17/h6-7,10,13H,2-5,8-9,11H2,1H3. The molecule has 2 aromatic rings. The molecule has 0 bridgehead atoms. The van der Waals surface area contributed by atoms with Gasteiger partial charge >= 0.3 is 0 Å². The topological polar surface area (TPSA) is 68.5 Å². The molecule has 4 rings (SSSR count). The maximum Gasteiger partial charge on any atom is 0.276 e. The number of rotatable bonds is 3. The second kappa shape index (κ2) is 6.26. The van der Waals surface area contributed by atoms with Crippen molar-refractivity contribution in [2.24, 2.45) is 0 Å². The van der Waals surface area contributed by atoms with Gasteiger partial charge in [-0.3, -0.25) is 4.79 Å². The Bertz CT molecular complexity index is 738. The van der Waals surface area contributed by atoms with Gasteiger partial charge in [-0.1, -0.05) is 11.2 Å². The first-order valence-electron chi connectivity index (χ1n) is 8.57. The van der Waals surface area contributed by atoms with Gasteiger partial charge in [0.25, 0.3) is 5.91 Å². The Morgan fingerprint density at radius 3 is 3.04 bits per heavy atom. The Balaban J connectivity index is 1.42. The molecule has 3 heterocycles. The number of amides is 1. The number of ether oxygens (including phenoxy) is 1. The number of nitrogens with zero attached hydrogens (tertiary/aromatic N) is 3. The lowest BCUT2D eigenvalue weighted by Gasteiger charge is -2.17. The summed E-state index contributed by atoms with van der Waals surface area (Å²) in [6.07, 6.45) is 6.56. The predicted octanol–water partition coefficient (Wildman–Crippen LogP) is 2.55. The minimum atomic E-state index is -0.0372. The van der Waals surface area contributed by atoms with Gasteiger partial charge in [0.1, 0.15) is 11.9 Å². The number of pyridine rings is 1. The third-order valence-electron chi connectivity index (χ3n) is 4.76. The van der Waals surface area contributed by atoms with Crippen LogP contribution in [0.1, 0.15) is 46.6 Å². The lowest BCUT2D eigenvalue weighted by Crippen LogP contribution is -2.32. The molecule has 0 N–H and O–H groups in total. The molecule has 0 aromatic carbocycles. The van der Waals surface area contributed by atoms with E-state index in [-0.39, 0.29) is 12.0 Å². The number of aromatic nitrogens is 2. The van der Waals surface area contributed by atoms with Crippen molar-refractivity contribution >= 4 is 5.91 Å². The summed E-state index contributed by atoms with van der Waals surface area (Å²) in [7, 11) is 0. The Labute approximate surface area is 140 Å². The van der Waals surface area contributed by atoms with Crippen molar-refractivity contribution in [2.75, 3.05) is 13.1 Å². The molecule has 0 spiro atoms. The Morgan fingerprint density at radius 1 is 1.33 bits per heavy atom. The molecule has 2 aliphatic rings. The van der Waals surface area contributed by atoms with E-state index in [4.69, 9.17) is 9.26 Å². The molecular formula is C18H21N3O3. The van der Waals surface area contributed by atoms with Crippen LogP contribution in [0.15, 0.2) is 22.9 Å². The summed E-state index contributed by atoms with van der Waals surface area (Å²) in [5, 5.41) is 4.04. The van der Waals surface area contributed by atoms with E-state index in [0.717, 1.165) is 49.0 Å². The molecule has 2 aromatic heterocycles. The van der Waals surface area contributed by atoms with Gasteiger partial charge in [0.05, 0.1) is 6.54 Å². The van der Waals surface area contributed by atoms with Gasteiger partial charge in [0.2, 0.25) is 5.88 Å². The Morgan fingerprint density at radius 2 is 2.21 bits per heavy atom. The normalized spacial score (nSPS) is 20.0. The van der Waals surface area contributed by atoms with Crippen LogP contribution in [0.25, 0.3) is 0 Å². The van der Waals surface area contributed by atoms with Crippen LogP contribution in [-0.2, 0) is 12.8 Å². The summed E-state index contributed by atoms with van der Waals surface area (Å²) in [5.74, 6) is 1.46. The fourth-order valence-corrected chi connectivity index (χ4v) is 3.41. The lowest BCUT2D eigenvalue weighted by molar-refractivity contribution is 0.0760. The van der Waals surface area contributed by atoms with Gasteiger partial charge in [-0.15, -0.1) is 0 Å². The minimum Gasteiger partial charge on any atom is -0.472 e. The first kappa shape index (κ1) is 15.2. The molecule has 1 atom stereocenters. The molecule has 126 valence electrons. The van der Waals surface area contributed by atoms with Crippen LogP contribution in [0.4, 0.5) is 0 Å². The van der Waals surface area contributed by atoms with Gasteiger partial charge in [-0.05, 0) is 31.7 Å². The lowest BCUT2D eigenvalue weighted by atomic mass is 9.96. The molecule has 6 nitrogen and oxygen atoms in total. The van der Waals surface area contributed by atoms with E-state index in [1.165, 1.54) is 0 Å². The van der Waals surface area contributed by atoms with E-state index in [0.29, 0.717) is 24.7 Å². The molecular weight excluding hydrogens is 306 g/mol. The number of fused-ring (bicyclic) bond motifs is 1. The zero-order chi connectivity index (χ0) is 16.5. The van der Waals surface area contributed by atoms with Crippen LogP contribution in [0, 0.1) is 6.92 Å². The maximum absolute atomic E-state index is 12.8. The number of carbonyl (C=O) groups is 1. The molecule has 0 saturated carbocycles. The molecule has 1 amide bonds. The summed E-state index contributed by atoms with van der Waals surface area (Å²) in [5.41, 5.74) is 2.61. The summed E-state index contributed by atoms with van der Waals surface area (Å²) in [4.78, 5) is 18.8. The highest BCUT2D eigenvalue weighted by Crippen LogP contribution is 2.26. The van der Waals surface area contributed by atoms with E-state index >= 15 is 0 Å². The first-order valence-corrected chi connectivity index (χ1v) is 8.57. The average molecular weight is 327 g/mol. The van der Waals surface area contributed by atoms with Crippen molar-refractivity contribution in [3.63, 3.8) is 0 Å². The van der Waals surface area contributed by atoms with Crippen LogP contribution in [0.5, 0.6) is 5.88 Å². The second-order valence-electron chi connectivity index (χ2n) is 6.59. The van der Waals surface area contributed by atoms with Crippen molar-refractivity contribution in [3.8, 4) is 5.88 Å². The predicted molar refractivity (Wildman–Crippen MR) is 87.1 cm³/mol. The van der Waals surface area contributed by atoms with Crippen LogP contribution in [0.3, 0.4) is 0 Å². The van der Waals surface area contributed by atoms with Crippen molar-refractivity contribution in [3.05, 3.63) is 40.9 Å². The van der Waals surface area contributed by atoms with E-state index in [9.17, 15) is 4.79 Å². The quantitative estimate of drug-likeness (QED) is 0.866. The number of aryl methyl sites for hydroxylation is 2. The third-order valence-corrected chi connectivity index (χ3v) is 4.76. The van der Waals surface area contributed by atoms with E-state index in [1.54, 1.807) is 6.20 Å². The highest BCUT2D eigenvalue weighted by atomic mass is 16.5. The van der Waals surface area contributed by atoms with Gasteiger partial charge < -0.3 is 14.2 Å².